The molecule has 2 aromatic carbocycles. The summed E-state index contributed by atoms with van der Waals surface area (Å²) >= 11 is 8.92. The van der Waals surface area contributed by atoms with Crippen LogP contribution < -0.4 is 14.8 Å². The van der Waals surface area contributed by atoms with Crippen LogP contribution in [0.3, 0.4) is 0 Å². The van der Waals surface area contributed by atoms with Gasteiger partial charge in [0.15, 0.2) is 16.6 Å². The first kappa shape index (κ1) is 17.6. The van der Waals surface area contributed by atoms with Crippen LogP contribution in [0, 0.1) is 0 Å². The summed E-state index contributed by atoms with van der Waals surface area (Å²) in [6.07, 6.45) is 0. The maximum atomic E-state index is 5.47. The summed E-state index contributed by atoms with van der Waals surface area (Å²) in [7, 11) is 5.20. The standard InChI is InChI=1S/C17H19BrN2O2S/c1-20(17(23)19-14-8-5-7-13(18)10-14)11-12-6-4-9-15(21-2)16(12)22-3/h4-10H,11H2,1-3H3,(H,19,23). The number of anilines is 1. The number of methoxy groups -OCH3 is 2. The highest BCUT2D eigenvalue weighted by Gasteiger charge is 2.13. The Morgan fingerprint density at radius 2 is 1.91 bits per heavy atom. The van der Waals surface area contributed by atoms with E-state index >= 15 is 0 Å². The molecule has 0 amide bonds. The molecule has 0 fully saturated rings. The molecule has 0 radical (unpaired) electrons. The van der Waals surface area contributed by atoms with Gasteiger partial charge in [-0.2, -0.15) is 0 Å². The van der Waals surface area contributed by atoms with Gasteiger partial charge < -0.3 is 19.7 Å². The molecule has 0 aliphatic rings. The fourth-order valence-corrected chi connectivity index (χ4v) is 2.77. The highest BCUT2D eigenvalue weighted by molar-refractivity contribution is 9.10. The van der Waals surface area contributed by atoms with Gasteiger partial charge in [0, 0.05) is 29.3 Å². The van der Waals surface area contributed by atoms with E-state index in [4.69, 9.17) is 21.7 Å². The number of thiocarbonyl (C=S) groups is 1. The van der Waals surface area contributed by atoms with E-state index in [1.165, 1.54) is 0 Å². The summed E-state index contributed by atoms with van der Waals surface area (Å²) in [6, 6.07) is 13.7. The van der Waals surface area contributed by atoms with Crippen molar-refractivity contribution in [1.82, 2.24) is 4.90 Å². The van der Waals surface area contributed by atoms with E-state index in [-0.39, 0.29) is 0 Å². The second-order valence-electron chi connectivity index (χ2n) is 4.95. The quantitative estimate of drug-likeness (QED) is 0.764. The van der Waals surface area contributed by atoms with Gasteiger partial charge in [-0.05, 0) is 36.5 Å². The molecule has 0 heterocycles. The second-order valence-corrected chi connectivity index (χ2v) is 6.25. The summed E-state index contributed by atoms with van der Waals surface area (Å²) in [5.41, 5.74) is 1.95. The van der Waals surface area contributed by atoms with Crippen molar-refractivity contribution in [2.45, 2.75) is 6.54 Å². The van der Waals surface area contributed by atoms with E-state index in [2.05, 4.69) is 21.2 Å². The first-order chi connectivity index (χ1) is 11.0. The molecule has 0 aromatic heterocycles. The molecule has 0 aliphatic carbocycles. The molecule has 0 spiro atoms. The molecule has 0 unspecified atom stereocenters. The Bertz CT molecular complexity index is 694. The van der Waals surface area contributed by atoms with Crippen molar-refractivity contribution in [2.75, 3.05) is 26.6 Å². The highest BCUT2D eigenvalue weighted by Crippen LogP contribution is 2.31. The fraction of sp³-hybridized carbons (Fsp3) is 0.235. The number of benzene rings is 2. The number of nitrogens with one attached hydrogen (secondary N) is 1. The van der Waals surface area contributed by atoms with Crippen LogP contribution in [0.5, 0.6) is 11.5 Å². The Morgan fingerprint density at radius 3 is 2.57 bits per heavy atom. The lowest BCUT2D eigenvalue weighted by Crippen LogP contribution is -2.30. The van der Waals surface area contributed by atoms with Gasteiger partial charge in [-0.3, -0.25) is 0 Å². The average molecular weight is 395 g/mol. The zero-order chi connectivity index (χ0) is 16.8. The van der Waals surface area contributed by atoms with Crippen molar-refractivity contribution in [3.05, 3.63) is 52.5 Å². The molecule has 0 saturated heterocycles. The molecule has 0 aliphatic heterocycles. The minimum Gasteiger partial charge on any atom is -0.493 e. The molecular formula is C17H19BrN2O2S. The maximum Gasteiger partial charge on any atom is 0.173 e. The topological polar surface area (TPSA) is 33.7 Å². The van der Waals surface area contributed by atoms with Gasteiger partial charge in [-0.1, -0.05) is 34.1 Å². The normalized spacial score (nSPS) is 10.1. The predicted octanol–water partition coefficient (Wildman–Crippen LogP) is 4.30. The van der Waals surface area contributed by atoms with Crippen LogP contribution in [-0.4, -0.2) is 31.3 Å². The number of para-hydroxylation sites is 1. The van der Waals surface area contributed by atoms with Crippen molar-refractivity contribution in [3.8, 4) is 11.5 Å². The summed E-state index contributed by atoms with van der Waals surface area (Å²) in [5.74, 6) is 1.44. The molecule has 0 bridgehead atoms. The van der Waals surface area contributed by atoms with E-state index in [1.807, 2.05) is 54.4 Å². The predicted molar refractivity (Wildman–Crippen MR) is 101 cm³/mol. The zero-order valence-electron chi connectivity index (χ0n) is 13.3. The highest BCUT2D eigenvalue weighted by atomic mass is 79.9. The monoisotopic (exact) mass is 394 g/mol. The molecular weight excluding hydrogens is 376 g/mol. The molecule has 0 atom stereocenters. The maximum absolute atomic E-state index is 5.47. The van der Waals surface area contributed by atoms with Crippen molar-refractivity contribution in [3.63, 3.8) is 0 Å². The molecule has 6 heteroatoms. The van der Waals surface area contributed by atoms with E-state index < -0.39 is 0 Å². The first-order valence-electron chi connectivity index (χ1n) is 7.02. The van der Waals surface area contributed by atoms with Gasteiger partial charge >= 0.3 is 0 Å². The molecule has 2 aromatic rings. The minimum atomic E-state index is 0.611. The lowest BCUT2D eigenvalue weighted by molar-refractivity contribution is 0.347. The number of hydrogen-bond acceptors (Lipinski definition) is 3. The van der Waals surface area contributed by atoms with Gasteiger partial charge in [0.25, 0.3) is 0 Å². The van der Waals surface area contributed by atoms with Crippen LogP contribution in [0.2, 0.25) is 0 Å². The van der Waals surface area contributed by atoms with Crippen molar-refractivity contribution in [1.29, 1.82) is 0 Å². The summed E-state index contributed by atoms with van der Waals surface area (Å²) in [5, 5.41) is 3.86. The molecule has 4 nitrogen and oxygen atoms in total. The zero-order valence-corrected chi connectivity index (χ0v) is 15.7. The van der Waals surface area contributed by atoms with Crippen molar-refractivity contribution in [2.24, 2.45) is 0 Å². The third-order valence-corrected chi connectivity index (χ3v) is 4.22. The number of halogens is 1. The van der Waals surface area contributed by atoms with Crippen LogP contribution in [0.1, 0.15) is 5.56 Å². The van der Waals surface area contributed by atoms with Crippen LogP contribution in [0.15, 0.2) is 46.9 Å². The van der Waals surface area contributed by atoms with Crippen LogP contribution in [0.4, 0.5) is 5.69 Å². The number of nitrogens with zero attached hydrogens (tertiary/aromatic N) is 1. The smallest absolute Gasteiger partial charge is 0.173 e. The van der Waals surface area contributed by atoms with Crippen molar-refractivity contribution >= 4 is 38.9 Å². The molecule has 1 N–H and O–H groups in total. The van der Waals surface area contributed by atoms with Crippen LogP contribution in [0.25, 0.3) is 0 Å². The Kier molecular flexibility index (Phi) is 6.24. The SMILES string of the molecule is COc1cccc(CN(C)C(=S)Nc2cccc(Br)c2)c1OC. The fourth-order valence-electron chi connectivity index (χ4n) is 2.19. The average Bonchev–Trinajstić information content (AvgIpc) is 2.54. The lowest BCUT2D eigenvalue weighted by atomic mass is 10.1. The van der Waals surface area contributed by atoms with Crippen LogP contribution in [-0.2, 0) is 6.54 Å². The Morgan fingerprint density at radius 1 is 1.17 bits per heavy atom. The van der Waals surface area contributed by atoms with E-state index in [1.54, 1.807) is 14.2 Å². The third-order valence-electron chi connectivity index (χ3n) is 3.31. The second kappa shape index (κ2) is 8.17. The molecule has 0 saturated carbocycles. The first-order valence-corrected chi connectivity index (χ1v) is 8.23. The van der Waals surface area contributed by atoms with Crippen molar-refractivity contribution < 1.29 is 9.47 Å². The number of ether oxygens (including phenoxy) is 2. The Balaban J connectivity index is 2.09. The van der Waals surface area contributed by atoms with Crippen LogP contribution >= 0.6 is 28.1 Å². The minimum absolute atomic E-state index is 0.611. The summed E-state index contributed by atoms with van der Waals surface area (Å²) in [4.78, 5) is 1.95. The lowest BCUT2D eigenvalue weighted by Gasteiger charge is -2.23. The molecule has 23 heavy (non-hydrogen) atoms. The molecule has 2 rings (SSSR count). The van der Waals surface area contributed by atoms with Gasteiger partial charge in [-0.15, -0.1) is 0 Å². The van der Waals surface area contributed by atoms with E-state index in [0.717, 1.165) is 21.5 Å². The van der Waals surface area contributed by atoms with Gasteiger partial charge in [-0.25, -0.2) is 0 Å². The van der Waals surface area contributed by atoms with Gasteiger partial charge in [0.1, 0.15) is 0 Å². The molecule has 122 valence electrons. The number of rotatable bonds is 5. The Labute approximate surface area is 150 Å². The van der Waals surface area contributed by atoms with Gasteiger partial charge in [0.2, 0.25) is 0 Å². The third kappa shape index (κ3) is 4.59. The summed E-state index contributed by atoms with van der Waals surface area (Å²) < 4.78 is 11.8. The van der Waals surface area contributed by atoms with E-state index in [0.29, 0.717) is 17.4 Å². The number of hydrogen-bond donors (Lipinski definition) is 1. The van der Waals surface area contributed by atoms with E-state index in [9.17, 15) is 0 Å². The van der Waals surface area contributed by atoms with Gasteiger partial charge in [0.05, 0.1) is 14.2 Å². The Hall–Kier alpha value is -1.79. The summed E-state index contributed by atoms with van der Waals surface area (Å²) in [6.45, 7) is 0.611. The largest absolute Gasteiger partial charge is 0.493 e.